The molecule has 1 aromatic rings. The molecule has 0 bridgehead atoms. The zero-order valence-corrected chi connectivity index (χ0v) is 10.6. The number of rotatable bonds is 6. The SMILES string of the molecule is CC(C)C(=O)NCCNC(C)c1cnccn1. The Morgan fingerprint density at radius 2 is 2.06 bits per heavy atom. The number of carbonyl (C=O) groups excluding carboxylic acids is 1. The molecule has 1 heterocycles. The van der Waals surface area contributed by atoms with E-state index in [1.807, 2.05) is 20.8 Å². The largest absolute Gasteiger partial charge is 0.355 e. The van der Waals surface area contributed by atoms with Crippen molar-refractivity contribution in [3.63, 3.8) is 0 Å². The maximum Gasteiger partial charge on any atom is 0.222 e. The van der Waals surface area contributed by atoms with Crippen molar-refractivity contribution >= 4 is 5.91 Å². The van der Waals surface area contributed by atoms with Crippen LogP contribution < -0.4 is 10.6 Å². The molecule has 0 aromatic carbocycles. The summed E-state index contributed by atoms with van der Waals surface area (Å²) in [6.07, 6.45) is 5.07. The predicted octanol–water partition coefficient (Wildman–Crippen LogP) is 0.899. The summed E-state index contributed by atoms with van der Waals surface area (Å²) >= 11 is 0. The van der Waals surface area contributed by atoms with Gasteiger partial charge in [-0.15, -0.1) is 0 Å². The molecule has 0 fully saturated rings. The fourth-order valence-corrected chi connectivity index (χ4v) is 1.32. The lowest BCUT2D eigenvalue weighted by Gasteiger charge is -2.13. The molecule has 0 aliphatic carbocycles. The Morgan fingerprint density at radius 3 is 2.65 bits per heavy atom. The minimum absolute atomic E-state index is 0.0346. The monoisotopic (exact) mass is 236 g/mol. The number of nitrogens with zero attached hydrogens (tertiary/aromatic N) is 2. The average Bonchev–Trinajstić information content (AvgIpc) is 2.35. The van der Waals surface area contributed by atoms with E-state index in [2.05, 4.69) is 20.6 Å². The Bertz CT molecular complexity index is 340. The van der Waals surface area contributed by atoms with Crippen molar-refractivity contribution in [1.29, 1.82) is 0 Å². The molecule has 0 saturated heterocycles. The summed E-state index contributed by atoms with van der Waals surface area (Å²) in [5.41, 5.74) is 0.905. The van der Waals surface area contributed by atoms with E-state index in [0.29, 0.717) is 6.54 Å². The van der Waals surface area contributed by atoms with Gasteiger partial charge in [-0.1, -0.05) is 13.8 Å². The average molecular weight is 236 g/mol. The summed E-state index contributed by atoms with van der Waals surface area (Å²) in [6.45, 7) is 7.13. The summed E-state index contributed by atoms with van der Waals surface area (Å²) in [5.74, 6) is 0.117. The highest BCUT2D eigenvalue weighted by molar-refractivity contribution is 5.77. The zero-order valence-electron chi connectivity index (χ0n) is 10.6. The first-order valence-corrected chi connectivity index (χ1v) is 5.88. The second-order valence-electron chi connectivity index (χ2n) is 4.25. The van der Waals surface area contributed by atoms with Crippen molar-refractivity contribution in [1.82, 2.24) is 20.6 Å². The van der Waals surface area contributed by atoms with Crippen molar-refractivity contribution in [3.8, 4) is 0 Å². The van der Waals surface area contributed by atoms with E-state index >= 15 is 0 Å². The standard InChI is InChI=1S/C12H20N4O/c1-9(2)12(17)16-7-6-14-10(3)11-8-13-4-5-15-11/h4-5,8-10,14H,6-7H2,1-3H3,(H,16,17). The molecule has 1 aromatic heterocycles. The predicted molar refractivity (Wildman–Crippen MR) is 66.3 cm³/mol. The van der Waals surface area contributed by atoms with Gasteiger partial charge in [-0.2, -0.15) is 0 Å². The lowest BCUT2D eigenvalue weighted by Crippen LogP contribution is -2.35. The quantitative estimate of drug-likeness (QED) is 0.720. The van der Waals surface area contributed by atoms with Gasteiger partial charge in [0, 0.05) is 43.6 Å². The summed E-state index contributed by atoms with van der Waals surface area (Å²) in [4.78, 5) is 19.5. The zero-order chi connectivity index (χ0) is 12.7. The molecule has 2 N–H and O–H groups in total. The first-order valence-electron chi connectivity index (χ1n) is 5.88. The second-order valence-corrected chi connectivity index (χ2v) is 4.25. The molecule has 1 amide bonds. The summed E-state index contributed by atoms with van der Waals surface area (Å²) in [5, 5.41) is 6.13. The molecule has 0 spiro atoms. The van der Waals surface area contributed by atoms with Gasteiger partial charge in [0.2, 0.25) is 5.91 Å². The van der Waals surface area contributed by atoms with Crippen LogP contribution in [0.1, 0.15) is 32.5 Å². The van der Waals surface area contributed by atoms with Crippen LogP contribution in [-0.2, 0) is 4.79 Å². The third kappa shape index (κ3) is 4.91. The van der Waals surface area contributed by atoms with E-state index in [1.54, 1.807) is 18.6 Å². The van der Waals surface area contributed by atoms with Gasteiger partial charge in [0.05, 0.1) is 5.69 Å². The molecule has 0 saturated carbocycles. The van der Waals surface area contributed by atoms with Crippen molar-refractivity contribution in [2.75, 3.05) is 13.1 Å². The van der Waals surface area contributed by atoms with Crippen molar-refractivity contribution < 1.29 is 4.79 Å². The first kappa shape index (κ1) is 13.6. The number of amides is 1. The normalized spacial score (nSPS) is 12.5. The fraction of sp³-hybridized carbons (Fsp3) is 0.583. The van der Waals surface area contributed by atoms with Crippen LogP contribution in [-0.4, -0.2) is 29.0 Å². The van der Waals surface area contributed by atoms with Crippen LogP contribution in [0.15, 0.2) is 18.6 Å². The number of hydrogen-bond donors (Lipinski definition) is 2. The van der Waals surface area contributed by atoms with Gasteiger partial charge in [-0.25, -0.2) is 0 Å². The van der Waals surface area contributed by atoms with E-state index < -0.39 is 0 Å². The van der Waals surface area contributed by atoms with Crippen LogP contribution in [0.2, 0.25) is 0 Å². The maximum atomic E-state index is 11.3. The van der Waals surface area contributed by atoms with Gasteiger partial charge in [0.25, 0.3) is 0 Å². The van der Waals surface area contributed by atoms with E-state index in [0.717, 1.165) is 12.2 Å². The summed E-state index contributed by atoms with van der Waals surface area (Å²) in [6, 6.07) is 0.139. The van der Waals surface area contributed by atoms with E-state index in [4.69, 9.17) is 0 Å². The smallest absolute Gasteiger partial charge is 0.222 e. The Balaban J connectivity index is 2.21. The van der Waals surface area contributed by atoms with Gasteiger partial charge in [-0.3, -0.25) is 14.8 Å². The minimum atomic E-state index is 0.0346. The highest BCUT2D eigenvalue weighted by Crippen LogP contribution is 2.05. The molecule has 0 aliphatic rings. The van der Waals surface area contributed by atoms with Crippen LogP contribution in [0.4, 0.5) is 0 Å². The lowest BCUT2D eigenvalue weighted by atomic mass is 10.2. The van der Waals surface area contributed by atoms with E-state index in [1.165, 1.54) is 0 Å². The molecule has 17 heavy (non-hydrogen) atoms. The molecule has 5 heteroatoms. The van der Waals surface area contributed by atoms with Crippen LogP contribution in [0.25, 0.3) is 0 Å². The van der Waals surface area contributed by atoms with Gasteiger partial charge >= 0.3 is 0 Å². The molecular formula is C12H20N4O. The third-order valence-corrected chi connectivity index (χ3v) is 2.43. The molecular weight excluding hydrogens is 216 g/mol. The molecule has 0 aliphatic heterocycles. The maximum absolute atomic E-state index is 11.3. The Labute approximate surface area is 102 Å². The van der Waals surface area contributed by atoms with Crippen LogP contribution >= 0.6 is 0 Å². The molecule has 5 nitrogen and oxygen atoms in total. The molecule has 0 radical (unpaired) electrons. The van der Waals surface area contributed by atoms with Crippen molar-refractivity contribution in [3.05, 3.63) is 24.3 Å². The summed E-state index contributed by atoms with van der Waals surface area (Å²) in [7, 11) is 0. The van der Waals surface area contributed by atoms with Crippen molar-refractivity contribution in [2.24, 2.45) is 5.92 Å². The molecule has 1 rings (SSSR count). The molecule has 94 valence electrons. The first-order chi connectivity index (χ1) is 8.11. The van der Waals surface area contributed by atoms with Gasteiger partial charge in [-0.05, 0) is 6.92 Å². The Kier molecular flexibility index (Phi) is 5.56. The van der Waals surface area contributed by atoms with E-state index in [-0.39, 0.29) is 17.9 Å². The van der Waals surface area contributed by atoms with Crippen LogP contribution in [0, 0.1) is 5.92 Å². The van der Waals surface area contributed by atoms with Crippen molar-refractivity contribution in [2.45, 2.75) is 26.8 Å². The summed E-state index contributed by atoms with van der Waals surface area (Å²) < 4.78 is 0. The van der Waals surface area contributed by atoms with Crippen LogP contribution in [0.3, 0.4) is 0 Å². The van der Waals surface area contributed by atoms with E-state index in [9.17, 15) is 4.79 Å². The van der Waals surface area contributed by atoms with Gasteiger partial charge in [0.15, 0.2) is 0 Å². The van der Waals surface area contributed by atoms with Gasteiger partial charge in [0.1, 0.15) is 0 Å². The number of hydrogen-bond acceptors (Lipinski definition) is 4. The van der Waals surface area contributed by atoms with Gasteiger partial charge < -0.3 is 10.6 Å². The minimum Gasteiger partial charge on any atom is -0.355 e. The Hall–Kier alpha value is -1.49. The second kappa shape index (κ2) is 6.96. The number of aromatic nitrogens is 2. The number of carbonyl (C=O) groups is 1. The Morgan fingerprint density at radius 1 is 1.29 bits per heavy atom. The van der Waals surface area contributed by atoms with Crippen LogP contribution in [0.5, 0.6) is 0 Å². The fourth-order valence-electron chi connectivity index (χ4n) is 1.32. The third-order valence-electron chi connectivity index (χ3n) is 2.43. The topological polar surface area (TPSA) is 66.9 Å². The lowest BCUT2D eigenvalue weighted by molar-refractivity contribution is -0.123. The molecule has 1 atom stereocenters. The number of nitrogens with one attached hydrogen (secondary N) is 2. The highest BCUT2D eigenvalue weighted by atomic mass is 16.1. The molecule has 1 unspecified atom stereocenters. The highest BCUT2D eigenvalue weighted by Gasteiger charge is 2.07.